The average molecular weight is 232 g/mol. The summed E-state index contributed by atoms with van der Waals surface area (Å²) in [5.41, 5.74) is 0.179. The maximum Gasteiger partial charge on any atom is 0.339 e. The van der Waals surface area contributed by atoms with Gasteiger partial charge in [0.05, 0.1) is 6.33 Å². The third-order valence-corrected chi connectivity index (χ3v) is 2.26. The molecule has 2 rings (SSSR count). The maximum atomic E-state index is 10.9. The first-order chi connectivity index (χ1) is 8.27. The molecule has 2 heterocycles. The van der Waals surface area contributed by atoms with Crippen molar-refractivity contribution in [3.8, 4) is 0 Å². The lowest BCUT2D eigenvalue weighted by Gasteiger charge is -2.08. The number of hydrogen-bond donors (Lipinski definition) is 2. The van der Waals surface area contributed by atoms with Crippen LogP contribution in [0.4, 0.5) is 5.82 Å². The van der Waals surface area contributed by atoms with Gasteiger partial charge in [0.25, 0.3) is 0 Å². The fourth-order valence-electron chi connectivity index (χ4n) is 1.44. The van der Waals surface area contributed by atoms with Crippen LogP contribution in [0.15, 0.2) is 37.1 Å². The molecule has 0 aliphatic rings. The van der Waals surface area contributed by atoms with Gasteiger partial charge in [-0.1, -0.05) is 0 Å². The summed E-state index contributed by atoms with van der Waals surface area (Å²) in [6.07, 6.45) is 6.81. The van der Waals surface area contributed by atoms with Crippen LogP contribution in [0.5, 0.6) is 0 Å². The first kappa shape index (κ1) is 11.1. The Morgan fingerprint density at radius 2 is 2.35 bits per heavy atom. The highest BCUT2D eigenvalue weighted by Gasteiger charge is 2.09. The predicted octanol–water partition coefficient (Wildman–Crippen LogP) is 1.09. The van der Waals surface area contributed by atoms with Gasteiger partial charge in [-0.15, -0.1) is 0 Å². The van der Waals surface area contributed by atoms with E-state index in [-0.39, 0.29) is 5.56 Å². The molecule has 88 valence electrons. The Labute approximate surface area is 97.9 Å². The fourth-order valence-corrected chi connectivity index (χ4v) is 1.44. The Balaban J connectivity index is 1.97. The van der Waals surface area contributed by atoms with Gasteiger partial charge in [-0.25, -0.2) is 14.8 Å². The average Bonchev–Trinajstić information content (AvgIpc) is 2.82. The molecular formula is C11H12N4O2. The van der Waals surface area contributed by atoms with E-state index in [1.807, 2.05) is 10.8 Å². The number of anilines is 1. The van der Waals surface area contributed by atoms with E-state index >= 15 is 0 Å². The van der Waals surface area contributed by atoms with Crippen LogP contribution in [0.3, 0.4) is 0 Å². The van der Waals surface area contributed by atoms with Gasteiger partial charge in [0.15, 0.2) is 0 Å². The monoisotopic (exact) mass is 232 g/mol. The number of aromatic carboxylic acids is 1. The highest BCUT2D eigenvalue weighted by atomic mass is 16.4. The zero-order valence-corrected chi connectivity index (χ0v) is 9.08. The Morgan fingerprint density at radius 3 is 3.06 bits per heavy atom. The number of rotatable bonds is 5. The van der Waals surface area contributed by atoms with Crippen LogP contribution in [0.25, 0.3) is 0 Å². The second kappa shape index (κ2) is 5.11. The molecule has 0 aliphatic heterocycles. The molecule has 6 heteroatoms. The molecule has 0 atom stereocenters. The summed E-state index contributed by atoms with van der Waals surface area (Å²) in [7, 11) is 0. The van der Waals surface area contributed by atoms with E-state index in [2.05, 4.69) is 15.3 Å². The lowest BCUT2D eigenvalue weighted by molar-refractivity contribution is 0.0697. The minimum Gasteiger partial charge on any atom is -0.478 e. The molecule has 0 aromatic carbocycles. The quantitative estimate of drug-likeness (QED) is 0.806. The third kappa shape index (κ3) is 2.81. The zero-order valence-electron chi connectivity index (χ0n) is 9.08. The van der Waals surface area contributed by atoms with Crippen molar-refractivity contribution in [1.82, 2.24) is 14.5 Å². The number of imidazole rings is 1. The number of carboxylic acids is 1. The van der Waals surface area contributed by atoms with E-state index in [0.29, 0.717) is 18.9 Å². The number of nitrogens with one attached hydrogen (secondary N) is 1. The molecule has 0 saturated carbocycles. The summed E-state index contributed by atoms with van der Waals surface area (Å²) in [5.74, 6) is -0.594. The second-order valence-electron chi connectivity index (χ2n) is 3.43. The number of pyridine rings is 1. The summed E-state index contributed by atoms with van der Waals surface area (Å²) >= 11 is 0. The normalized spacial score (nSPS) is 10.1. The molecule has 0 saturated heterocycles. The Bertz CT molecular complexity index is 496. The molecule has 2 aromatic rings. The van der Waals surface area contributed by atoms with E-state index in [9.17, 15) is 4.79 Å². The van der Waals surface area contributed by atoms with Crippen molar-refractivity contribution in [1.29, 1.82) is 0 Å². The van der Waals surface area contributed by atoms with Gasteiger partial charge in [0.2, 0.25) is 0 Å². The summed E-state index contributed by atoms with van der Waals surface area (Å²) < 4.78 is 1.90. The molecule has 6 nitrogen and oxygen atoms in total. The van der Waals surface area contributed by atoms with E-state index in [0.717, 1.165) is 0 Å². The maximum absolute atomic E-state index is 10.9. The van der Waals surface area contributed by atoms with Gasteiger partial charge in [0, 0.05) is 31.7 Å². The molecule has 0 fully saturated rings. The highest BCUT2D eigenvalue weighted by molar-refractivity contribution is 5.92. The van der Waals surface area contributed by atoms with Crippen LogP contribution < -0.4 is 5.32 Å². The van der Waals surface area contributed by atoms with Crippen LogP contribution in [0.2, 0.25) is 0 Å². The summed E-state index contributed by atoms with van der Waals surface area (Å²) in [5, 5.41) is 11.9. The highest BCUT2D eigenvalue weighted by Crippen LogP contribution is 2.10. The van der Waals surface area contributed by atoms with E-state index in [1.165, 1.54) is 6.07 Å². The lowest BCUT2D eigenvalue weighted by Crippen LogP contribution is -2.13. The molecule has 0 bridgehead atoms. The second-order valence-corrected chi connectivity index (χ2v) is 3.43. The zero-order chi connectivity index (χ0) is 12.1. The van der Waals surface area contributed by atoms with Gasteiger partial charge in [0.1, 0.15) is 11.4 Å². The van der Waals surface area contributed by atoms with Crippen LogP contribution in [0, 0.1) is 0 Å². The van der Waals surface area contributed by atoms with Gasteiger partial charge >= 0.3 is 5.97 Å². The lowest BCUT2D eigenvalue weighted by atomic mass is 10.2. The largest absolute Gasteiger partial charge is 0.478 e. The molecule has 0 radical (unpaired) electrons. The Hall–Kier alpha value is -2.37. The first-order valence-corrected chi connectivity index (χ1v) is 5.15. The van der Waals surface area contributed by atoms with Crippen LogP contribution >= 0.6 is 0 Å². The van der Waals surface area contributed by atoms with Crippen molar-refractivity contribution in [2.75, 3.05) is 11.9 Å². The van der Waals surface area contributed by atoms with Crippen molar-refractivity contribution < 1.29 is 9.90 Å². The van der Waals surface area contributed by atoms with Gasteiger partial charge < -0.3 is 15.0 Å². The summed E-state index contributed by atoms with van der Waals surface area (Å²) in [4.78, 5) is 18.8. The SMILES string of the molecule is O=C(O)c1cccnc1NCCn1ccnc1. The Morgan fingerprint density at radius 1 is 1.47 bits per heavy atom. The van der Waals surface area contributed by atoms with Crippen molar-refractivity contribution >= 4 is 11.8 Å². The van der Waals surface area contributed by atoms with Crippen molar-refractivity contribution in [2.45, 2.75) is 6.54 Å². The van der Waals surface area contributed by atoms with Crippen molar-refractivity contribution in [3.05, 3.63) is 42.6 Å². The summed E-state index contributed by atoms with van der Waals surface area (Å²) in [6.45, 7) is 1.29. The van der Waals surface area contributed by atoms with Crippen LogP contribution in [-0.2, 0) is 6.54 Å². The smallest absolute Gasteiger partial charge is 0.339 e. The van der Waals surface area contributed by atoms with Gasteiger partial charge in [-0.05, 0) is 12.1 Å². The molecule has 0 aliphatic carbocycles. The standard InChI is InChI=1S/C11H12N4O2/c16-11(17)9-2-1-3-13-10(9)14-5-7-15-6-4-12-8-15/h1-4,6,8H,5,7H2,(H,13,14)(H,16,17). The van der Waals surface area contributed by atoms with Crippen molar-refractivity contribution in [3.63, 3.8) is 0 Å². The predicted molar refractivity (Wildman–Crippen MR) is 61.9 cm³/mol. The number of nitrogens with zero attached hydrogens (tertiary/aromatic N) is 3. The van der Waals surface area contributed by atoms with E-state index in [4.69, 9.17) is 5.11 Å². The molecule has 0 spiro atoms. The molecule has 2 aromatic heterocycles. The van der Waals surface area contributed by atoms with Crippen LogP contribution in [0.1, 0.15) is 10.4 Å². The van der Waals surface area contributed by atoms with Crippen molar-refractivity contribution in [2.24, 2.45) is 0 Å². The van der Waals surface area contributed by atoms with Gasteiger partial charge in [-0.2, -0.15) is 0 Å². The number of carbonyl (C=O) groups is 1. The fraction of sp³-hybridized carbons (Fsp3) is 0.182. The molecule has 17 heavy (non-hydrogen) atoms. The third-order valence-electron chi connectivity index (χ3n) is 2.26. The van der Waals surface area contributed by atoms with E-state index in [1.54, 1.807) is 24.8 Å². The first-order valence-electron chi connectivity index (χ1n) is 5.15. The number of aromatic nitrogens is 3. The number of hydrogen-bond acceptors (Lipinski definition) is 4. The van der Waals surface area contributed by atoms with Crippen LogP contribution in [-0.4, -0.2) is 32.2 Å². The topological polar surface area (TPSA) is 80.0 Å². The molecular weight excluding hydrogens is 220 g/mol. The van der Waals surface area contributed by atoms with Gasteiger partial charge in [-0.3, -0.25) is 0 Å². The molecule has 0 unspecified atom stereocenters. The molecule has 2 N–H and O–H groups in total. The minimum atomic E-state index is -0.983. The Kier molecular flexibility index (Phi) is 3.34. The van der Waals surface area contributed by atoms with E-state index < -0.39 is 5.97 Å². The number of carboxylic acid groups (broad SMARTS) is 1. The summed E-state index contributed by atoms with van der Waals surface area (Å²) in [6, 6.07) is 3.12. The minimum absolute atomic E-state index is 0.179. The molecule has 0 amide bonds.